The molecule has 46 heavy (non-hydrogen) atoms. The number of aromatic nitrogens is 3. The second-order valence-corrected chi connectivity index (χ2v) is 13.1. The first-order valence-corrected chi connectivity index (χ1v) is 16.2. The van der Waals surface area contributed by atoms with Crippen molar-refractivity contribution in [3.05, 3.63) is 75.5 Å². The van der Waals surface area contributed by atoms with E-state index < -0.39 is 0 Å². The van der Waals surface area contributed by atoms with Crippen molar-refractivity contribution in [3.8, 4) is 45.4 Å². The number of hydrogen-bond acceptors (Lipinski definition) is 9. The van der Waals surface area contributed by atoms with E-state index in [1.165, 1.54) is 5.56 Å². The molecule has 11 heteroatoms. The van der Waals surface area contributed by atoms with E-state index in [4.69, 9.17) is 42.6 Å². The molecule has 3 aliphatic rings. The van der Waals surface area contributed by atoms with E-state index in [0.29, 0.717) is 58.4 Å². The van der Waals surface area contributed by atoms with Crippen LogP contribution in [0.1, 0.15) is 36.2 Å². The monoisotopic (exact) mass is 659 g/mol. The van der Waals surface area contributed by atoms with Crippen LogP contribution in [-0.2, 0) is 17.8 Å². The Morgan fingerprint density at radius 3 is 2.13 bits per heavy atom. The first-order valence-electron chi connectivity index (χ1n) is 15.5. The van der Waals surface area contributed by atoms with Gasteiger partial charge in [0.25, 0.3) is 0 Å². The van der Waals surface area contributed by atoms with E-state index in [1.807, 2.05) is 36.4 Å². The van der Waals surface area contributed by atoms with Crippen molar-refractivity contribution >= 4 is 29.0 Å². The van der Waals surface area contributed by atoms with Crippen LogP contribution in [0.25, 0.3) is 33.6 Å². The highest BCUT2D eigenvalue weighted by atomic mass is 35.5. The number of likely N-dealkylation sites (tertiary alicyclic amines) is 2. The van der Waals surface area contributed by atoms with Crippen LogP contribution in [0.5, 0.6) is 11.8 Å². The van der Waals surface area contributed by atoms with Gasteiger partial charge in [-0.1, -0.05) is 59.6 Å². The zero-order chi connectivity index (χ0) is 32.1. The quantitative estimate of drug-likeness (QED) is 0.236. The number of methoxy groups -OCH3 is 2. The number of rotatable bonds is 9. The summed E-state index contributed by atoms with van der Waals surface area (Å²) in [6.07, 6.45) is 3.27. The van der Waals surface area contributed by atoms with Crippen LogP contribution in [-0.4, -0.2) is 82.1 Å². The fourth-order valence-electron chi connectivity index (χ4n) is 6.82. The number of ether oxygens (including phenoxy) is 2. The first-order chi connectivity index (χ1) is 22.2. The van der Waals surface area contributed by atoms with Gasteiger partial charge in [-0.3, -0.25) is 19.6 Å². The molecular weight excluding hydrogens is 625 g/mol. The van der Waals surface area contributed by atoms with Gasteiger partial charge in [-0.15, -0.1) is 0 Å². The number of aliphatic hydroxyl groups is 1. The van der Waals surface area contributed by atoms with Crippen LogP contribution < -0.4 is 9.47 Å². The summed E-state index contributed by atoms with van der Waals surface area (Å²) >= 11 is 14.2. The molecule has 1 N–H and O–H groups in total. The number of carbonyl (C=O) groups excluding carboxylic acids is 1. The molecular formula is C35H35Cl2N5O4. The summed E-state index contributed by atoms with van der Waals surface area (Å²) in [5.74, 6) is 1.39. The molecule has 9 nitrogen and oxygen atoms in total. The maximum absolute atomic E-state index is 11.8. The summed E-state index contributed by atoms with van der Waals surface area (Å²) in [4.78, 5) is 30.6. The second-order valence-electron chi connectivity index (χ2n) is 12.3. The molecule has 0 spiro atoms. The highest BCUT2D eigenvalue weighted by Gasteiger charge is 2.40. The molecule has 4 heterocycles. The summed E-state index contributed by atoms with van der Waals surface area (Å²) in [7, 11) is 3.22. The minimum Gasteiger partial charge on any atom is -0.481 e. The molecule has 2 aromatic heterocycles. The average molecular weight is 661 g/mol. The van der Waals surface area contributed by atoms with Gasteiger partial charge in [0.1, 0.15) is 11.5 Å². The van der Waals surface area contributed by atoms with Crippen molar-refractivity contribution < 1.29 is 19.4 Å². The molecule has 1 atom stereocenters. The first kappa shape index (κ1) is 31.0. The predicted octanol–water partition coefficient (Wildman–Crippen LogP) is 5.88. The number of Topliss-reactive ketones (excluding diaryl/α,β-unsaturated/α-hetero) is 1. The zero-order valence-electron chi connectivity index (χ0n) is 26.0. The van der Waals surface area contributed by atoms with Gasteiger partial charge in [0.2, 0.25) is 11.8 Å². The lowest BCUT2D eigenvalue weighted by Crippen LogP contribution is -2.50. The Morgan fingerprint density at radius 1 is 0.913 bits per heavy atom. The molecule has 7 rings (SSSR count). The molecule has 1 aliphatic carbocycles. The Labute approximate surface area is 278 Å². The highest BCUT2D eigenvalue weighted by Crippen LogP contribution is 2.47. The molecule has 2 aromatic carbocycles. The number of aliphatic hydroxyl groups excluding tert-OH is 1. The van der Waals surface area contributed by atoms with Crippen LogP contribution in [0.2, 0.25) is 10.0 Å². The third-order valence-corrected chi connectivity index (χ3v) is 10.2. The molecule has 2 fully saturated rings. The maximum Gasteiger partial charge on any atom is 0.237 e. The van der Waals surface area contributed by atoms with Gasteiger partial charge in [-0.05, 0) is 31.4 Å². The van der Waals surface area contributed by atoms with E-state index in [-0.39, 0.29) is 23.8 Å². The van der Waals surface area contributed by atoms with Crippen molar-refractivity contribution in [3.63, 3.8) is 0 Å². The number of ketones is 1. The minimum atomic E-state index is -0.295. The Hall–Kier alpha value is -3.60. The topological polar surface area (TPSA) is 101 Å². The molecule has 0 radical (unpaired) electrons. The standard InChI is InChI=1S/C35H35Cl2N5O4/c1-19(43)21-14-42(15-21)30-11-10-20-12-27(39-35(46-3)31(20)30)25-8-4-6-23(32(25)36)24-7-5-9-26(33(24)37)28-13-38-29(34(40-28)45-2)18-41-16-22(44)17-41/h4-9,12-13,21-22,30,44H,10-11,14-18H2,1-3H3/t30-/m0/s1. The Bertz CT molecular complexity index is 1820. The number of β-amino-alcohol motifs (C(OH)–C–C–N with tert-alkyl or cyclic N) is 1. The highest BCUT2D eigenvalue weighted by molar-refractivity contribution is 6.39. The van der Waals surface area contributed by atoms with E-state index in [0.717, 1.165) is 53.9 Å². The normalized spacial score (nSPS) is 18.6. The maximum atomic E-state index is 11.8. The van der Waals surface area contributed by atoms with Crippen LogP contribution >= 0.6 is 23.2 Å². The van der Waals surface area contributed by atoms with Crippen molar-refractivity contribution in [2.24, 2.45) is 5.92 Å². The fraction of sp³-hybridized carbons (Fsp3) is 0.371. The van der Waals surface area contributed by atoms with Gasteiger partial charge in [0.15, 0.2) is 0 Å². The number of benzene rings is 2. The Balaban J connectivity index is 1.20. The molecule has 238 valence electrons. The lowest BCUT2D eigenvalue weighted by atomic mass is 9.92. The summed E-state index contributed by atoms with van der Waals surface area (Å²) < 4.78 is 11.4. The SMILES string of the molecule is COc1nc(-c2cccc(-c3cccc(-c4cc5c(c(OC)n4)[C@@H](N4CC(C(C)=O)C4)CC5)c3Cl)c2Cl)cnc1CN1CC(O)C1. The van der Waals surface area contributed by atoms with Crippen LogP contribution in [0.3, 0.4) is 0 Å². The van der Waals surface area contributed by atoms with E-state index in [2.05, 4.69) is 20.9 Å². The number of pyridine rings is 1. The smallest absolute Gasteiger partial charge is 0.237 e. The molecule has 0 unspecified atom stereocenters. The van der Waals surface area contributed by atoms with Crippen molar-refractivity contribution in [1.82, 2.24) is 24.8 Å². The van der Waals surface area contributed by atoms with Gasteiger partial charge in [-0.25, -0.2) is 9.97 Å². The number of halogens is 2. The number of fused-ring (bicyclic) bond motifs is 1. The van der Waals surface area contributed by atoms with Crippen LogP contribution in [0.15, 0.2) is 48.7 Å². The van der Waals surface area contributed by atoms with Crippen LogP contribution in [0.4, 0.5) is 0 Å². The number of carbonyl (C=O) groups is 1. The van der Waals surface area contributed by atoms with E-state index in [9.17, 15) is 9.90 Å². The molecule has 4 aromatic rings. The minimum absolute atomic E-state index is 0.119. The molecule has 0 amide bonds. The van der Waals surface area contributed by atoms with Crippen LogP contribution in [0, 0.1) is 5.92 Å². The fourth-order valence-corrected chi connectivity index (χ4v) is 7.47. The number of hydrogen-bond donors (Lipinski definition) is 1. The van der Waals surface area contributed by atoms with Gasteiger partial charge in [0.05, 0.1) is 48.0 Å². The molecule has 2 saturated heterocycles. The summed E-state index contributed by atoms with van der Waals surface area (Å²) in [6, 6.07) is 13.9. The lowest BCUT2D eigenvalue weighted by Gasteiger charge is -2.42. The van der Waals surface area contributed by atoms with Gasteiger partial charge < -0.3 is 14.6 Å². The van der Waals surface area contributed by atoms with Crippen molar-refractivity contribution in [2.45, 2.75) is 38.5 Å². The number of nitrogens with zero attached hydrogens (tertiary/aromatic N) is 5. The Morgan fingerprint density at radius 2 is 1.52 bits per heavy atom. The Kier molecular flexibility index (Phi) is 8.46. The van der Waals surface area contributed by atoms with Gasteiger partial charge in [0, 0.05) is 72.5 Å². The third-order valence-electron chi connectivity index (χ3n) is 9.40. The second kappa shape index (κ2) is 12.5. The summed E-state index contributed by atoms with van der Waals surface area (Å²) in [5.41, 5.74) is 7.36. The third kappa shape index (κ3) is 5.54. The van der Waals surface area contributed by atoms with Gasteiger partial charge in [-0.2, -0.15) is 0 Å². The predicted molar refractivity (Wildman–Crippen MR) is 177 cm³/mol. The van der Waals surface area contributed by atoms with Crippen molar-refractivity contribution in [2.75, 3.05) is 40.4 Å². The molecule has 0 saturated carbocycles. The van der Waals surface area contributed by atoms with Gasteiger partial charge >= 0.3 is 0 Å². The number of aryl methyl sites for hydroxylation is 1. The average Bonchev–Trinajstić information content (AvgIpc) is 3.43. The summed E-state index contributed by atoms with van der Waals surface area (Å²) in [6.45, 7) is 5.00. The van der Waals surface area contributed by atoms with E-state index in [1.54, 1.807) is 27.3 Å². The largest absolute Gasteiger partial charge is 0.481 e. The summed E-state index contributed by atoms with van der Waals surface area (Å²) in [5, 5.41) is 10.7. The lowest BCUT2D eigenvalue weighted by molar-refractivity contribution is -0.127. The zero-order valence-corrected chi connectivity index (χ0v) is 27.5. The van der Waals surface area contributed by atoms with Crippen molar-refractivity contribution in [1.29, 1.82) is 0 Å². The molecule has 0 bridgehead atoms. The molecule has 2 aliphatic heterocycles. The van der Waals surface area contributed by atoms with E-state index >= 15 is 0 Å².